The van der Waals surface area contributed by atoms with E-state index in [4.69, 9.17) is 14.2 Å². The number of phenols is 1. The van der Waals surface area contributed by atoms with Crippen LogP contribution >= 0.6 is 0 Å². The smallest absolute Gasteiger partial charge is 0.338 e. The molecule has 0 spiro atoms. The van der Waals surface area contributed by atoms with Gasteiger partial charge in [0.1, 0.15) is 5.75 Å². The van der Waals surface area contributed by atoms with Crippen LogP contribution in [-0.4, -0.2) is 37.8 Å². The van der Waals surface area contributed by atoms with Crippen molar-refractivity contribution < 1.29 is 28.9 Å². The van der Waals surface area contributed by atoms with Crippen molar-refractivity contribution >= 4 is 17.6 Å². The molecule has 0 aromatic heterocycles. The minimum Gasteiger partial charge on any atom is -0.508 e. The SMILES string of the molecule is COc1ccc(NC(=O)COC(=O)c2cccc(O)c2)cc1OC. The number of aromatic hydroxyl groups is 1. The van der Waals surface area contributed by atoms with Gasteiger partial charge in [0, 0.05) is 11.8 Å². The van der Waals surface area contributed by atoms with Crippen molar-refractivity contribution in [3.8, 4) is 17.2 Å². The molecule has 0 saturated carbocycles. The number of anilines is 1. The lowest BCUT2D eigenvalue weighted by molar-refractivity contribution is -0.119. The van der Waals surface area contributed by atoms with E-state index in [2.05, 4.69) is 5.32 Å². The molecule has 24 heavy (non-hydrogen) atoms. The highest BCUT2D eigenvalue weighted by molar-refractivity contribution is 5.95. The first-order valence-electron chi connectivity index (χ1n) is 7.01. The molecule has 0 bridgehead atoms. The summed E-state index contributed by atoms with van der Waals surface area (Å²) in [7, 11) is 3.00. The highest BCUT2D eigenvalue weighted by Gasteiger charge is 2.12. The molecular formula is C17H17NO6. The maximum Gasteiger partial charge on any atom is 0.338 e. The highest BCUT2D eigenvalue weighted by atomic mass is 16.5. The normalized spacial score (nSPS) is 9.92. The molecule has 0 fully saturated rings. The number of carbonyl (C=O) groups excluding carboxylic acids is 2. The zero-order chi connectivity index (χ0) is 17.5. The predicted octanol–water partition coefficient (Wildman–Crippen LogP) is 2.20. The van der Waals surface area contributed by atoms with Crippen LogP contribution in [-0.2, 0) is 9.53 Å². The van der Waals surface area contributed by atoms with Gasteiger partial charge in [-0.15, -0.1) is 0 Å². The summed E-state index contributed by atoms with van der Waals surface area (Å²) in [4.78, 5) is 23.6. The van der Waals surface area contributed by atoms with Gasteiger partial charge in [-0.1, -0.05) is 6.07 Å². The predicted molar refractivity (Wildman–Crippen MR) is 86.6 cm³/mol. The Balaban J connectivity index is 1.92. The van der Waals surface area contributed by atoms with Crippen LogP contribution in [0.3, 0.4) is 0 Å². The average Bonchev–Trinajstić information content (AvgIpc) is 2.59. The zero-order valence-corrected chi connectivity index (χ0v) is 13.2. The second kappa shape index (κ2) is 7.87. The molecule has 7 heteroatoms. The fraction of sp³-hybridized carbons (Fsp3) is 0.176. The minimum atomic E-state index is -0.701. The Kier molecular flexibility index (Phi) is 5.62. The largest absolute Gasteiger partial charge is 0.508 e. The van der Waals surface area contributed by atoms with Crippen molar-refractivity contribution in [2.24, 2.45) is 0 Å². The van der Waals surface area contributed by atoms with Gasteiger partial charge in [-0.2, -0.15) is 0 Å². The van der Waals surface area contributed by atoms with Gasteiger partial charge in [0.25, 0.3) is 5.91 Å². The van der Waals surface area contributed by atoms with Gasteiger partial charge in [-0.3, -0.25) is 4.79 Å². The van der Waals surface area contributed by atoms with E-state index in [-0.39, 0.29) is 11.3 Å². The molecule has 0 aliphatic carbocycles. The molecule has 2 aromatic rings. The van der Waals surface area contributed by atoms with Crippen LogP contribution in [0.1, 0.15) is 10.4 Å². The summed E-state index contributed by atoms with van der Waals surface area (Å²) in [5.74, 6) is -0.263. The number of carbonyl (C=O) groups is 2. The first-order valence-corrected chi connectivity index (χ1v) is 7.01. The fourth-order valence-corrected chi connectivity index (χ4v) is 1.96. The van der Waals surface area contributed by atoms with E-state index < -0.39 is 18.5 Å². The van der Waals surface area contributed by atoms with Crippen LogP contribution in [0.4, 0.5) is 5.69 Å². The third kappa shape index (κ3) is 4.39. The van der Waals surface area contributed by atoms with Gasteiger partial charge in [0.15, 0.2) is 18.1 Å². The Morgan fingerprint density at radius 1 is 1.04 bits per heavy atom. The highest BCUT2D eigenvalue weighted by Crippen LogP contribution is 2.29. The third-order valence-electron chi connectivity index (χ3n) is 3.08. The van der Waals surface area contributed by atoms with E-state index in [1.165, 1.54) is 38.5 Å². The lowest BCUT2D eigenvalue weighted by Crippen LogP contribution is -2.20. The number of rotatable bonds is 6. The second-order valence-corrected chi connectivity index (χ2v) is 4.74. The summed E-state index contributed by atoms with van der Waals surface area (Å²) in [6.07, 6.45) is 0. The number of amides is 1. The standard InChI is InChI=1S/C17H17NO6/c1-22-14-7-6-12(9-15(14)23-2)18-16(20)10-24-17(21)11-4-3-5-13(19)8-11/h3-9,19H,10H2,1-2H3,(H,18,20). The van der Waals surface area contributed by atoms with Gasteiger partial charge < -0.3 is 24.6 Å². The molecule has 0 aliphatic rings. The number of hydrogen-bond donors (Lipinski definition) is 2. The molecule has 126 valence electrons. The molecule has 1 amide bonds. The second-order valence-electron chi connectivity index (χ2n) is 4.74. The number of benzene rings is 2. The molecule has 0 unspecified atom stereocenters. The van der Waals surface area contributed by atoms with Crippen LogP contribution in [0.2, 0.25) is 0 Å². The van der Waals surface area contributed by atoms with Gasteiger partial charge >= 0.3 is 5.97 Å². The summed E-state index contributed by atoms with van der Waals surface area (Å²) >= 11 is 0. The van der Waals surface area contributed by atoms with Gasteiger partial charge in [0.2, 0.25) is 0 Å². The van der Waals surface area contributed by atoms with Crippen LogP contribution in [0.5, 0.6) is 17.2 Å². The van der Waals surface area contributed by atoms with Crippen LogP contribution in [0.15, 0.2) is 42.5 Å². The number of nitrogens with one attached hydrogen (secondary N) is 1. The Hall–Kier alpha value is -3.22. The van der Waals surface area contributed by atoms with E-state index in [9.17, 15) is 14.7 Å². The third-order valence-corrected chi connectivity index (χ3v) is 3.08. The van der Waals surface area contributed by atoms with Gasteiger partial charge in [0.05, 0.1) is 19.8 Å². The van der Waals surface area contributed by atoms with Crippen molar-refractivity contribution in [1.29, 1.82) is 0 Å². The van der Waals surface area contributed by atoms with Crippen LogP contribution in [0.25, 0.3) is 0 Å². The topological polar surface area (TPSA) is 94.1 Å². The number of ether oxygens (including phenoxy) is 3. The van der Waals surface area contributed by atoms with Crippen molar-refractivity contribution in [1.82, 2.24) is 0 Å². The molecule has 2 rings (SSSR count). The Morgan fingerprint density at radius 2 is 1.79 bits per heavy atom. The summed E-state index contributed by atoms with van der Waals surface area (Å²) in [5, 5.41) is 11.9. The molecule has 0 radical (unpaired) electrons. The number of phenolic OH excluding ortho intramolecular Hbond substituents is 1. The summed E-state index contributed by atoms with van der Waals surface area (Å²) in [5.41, 5.74) is 0.639. The zero-order valence-electron chi connectivity index (χ0n) is 13.2. The molecule has 0 aliphatic heterocycles. The Morgan fingerprint density at radius 3 is 2.46 bits per heavy atom. The lowest BCUT2D eigenvalue weighted by Gasteiger charge is -2.11. The molecular weight excluding hydrogens is 314 g/mol. The molecule has 7 nitrogen and oxygen atoms in total. The Bertz CT molecular complexity index is 744. The van der Waals surface area contributed by atoms with Crippen LogP contribution in [0, 0.1) is 0 Å². The molecule has 2 N–H and O–H groups in total. The first-order chi connectivity index (χ1) is 11.5. The van der Waals surface area contributed by atoms with E-state index in [0.717, 1.165) is 0 Å². The van der Waals surface area contributed by atoms with Crippen molar-refractivity contribution in [2.45, 2.75) is 0 Å². The minimum absolute atomic E-state index is 0.0563. The van der Waals surface area contributed by atoms with Crippen molar-refractivity contribution in [3.63, 3.8) is 0 Å². The summed E-state index contributed by atoms with van der Waals surface area (Å²) < 4.78 is 15.1. The quantitative estimate of drug-likeness (QED) is 0.788. The van der Waals surface area contributed by atoms with Crippen molar-refractivity contribution in [2.75, 3.05) is 26.1 Å². The molecule has 0 atom stereocenters. The van der Waals surface area contributed by atoms with E-state index in [1.807, 2.05) is 0 Å². The van der Waals surface area contributed by atoms with Gasteiger partial charge in [-0.05, 0) is 30.3 Å². The summed E-state index contributed by atoms with van der Waals surface area (Å²) in [6, 6.07) is 10.6. The molecule has 0 heterocycles. The van der Waals surface area contributed by atoms with E-state index in [1.54, 1.807) is 18.2 Å². The van der Waals surface area contributed by atoms with E-state index >= 15 is 0 Å². The number of methoxy groups -OCH3 is 2. The number of hydrogen-bond acceptors (Lipinski definition) is 6. The maximum atomic E-state index is 11.9. The fourth-order valence-electron chi connectivity index (χ4n) is 1.96. The maximum absolute atomic E-state index is 11.9. The summed E-state index contributed by atoms with van der Waals surface area (Å²) in [6.45, 7) is -0.456. The number of esters is 1. The van der Waals surface area contributed by atoms with Gasteiger partial charge in [-0.25, -0.2) is 4.79 Å². The first kappa shape index (κ1) is 17.1. The monoisotopic (exact) mass is 331 g/mol. The molecule has 2 aromatic carbocycles. The Labute approximate surface area is 138 Å². The average molecular weight is 331 g/mol. The van der Waals surface area contributed by atoms with E-state index in [0.29, 0.717) is 17.2 Å². The lowest BCUT2D eigenvalue weighted by atomic mass is 10.2. The van der Waals surface area contributed by atoms with Crippen LogP contribution < -0.4 is 14.8 Å². The van der Waals surface area contributed by atoms with Crippen molar-refractivity contribution in [3.05, 3.63) is 48.0 Å². The molecule has 0 saturated heterocycles.